The number of amides is 1. The lowest BCUT2D eigenvalue weighted by atomic mass is 9.83. The van der Waals surface area contributed by atoms with E-state index >= 15 is 0 Å². The summed E-state index contributed by atoms with van der Waals surface area (Å²) in [6.07, 6.45) is -4.50. The average molecular weight is 363 g/mol. The van der Waals surface area contributed by atoms with Crippen LogP contribution < -0.4 is 10.1 Å². The van der Waals surface area contributed by atoms with Gasteiger partial charge in [0.25, 0.3) is 5.91 Å². The molecule has 2 aromatic carbocycles. The smallest absolute Gasteiger partial charge is 0.416 e. The first-order chi connectivity index (χ1) is 12.2. The van der Waals surface area contributed by atoms with E-state index in [0.29, 0.717) is 17.7 Å². The van der Waals surface area contributed by atoms with Crippen LogP contribution in [0.15, 0.2) is 48.5 Å². The predicted molar refractivity (Wildman–Crippen MR) is 92.0 cm³/mol. The van der Waals surface area contributed by atoms with Crippen molar-refractivity contribution in [3.05, 3.63) is 65.2 Å². The molecule has 0 radical (unpaired) electrons. The van der Waals surface area contributed by atoms with Crippen LogP contribution in [0, 0.1) is 0 Å². The van der Waals surface area contributed by atoms with Crippen molar-refractivity contribution in [3.8, 4) is 5.75 Å². The monoisotopic (exact) mass is 363 g/mol. The second-order valence-corrected chi connectivity index (χ2v) is 7.10. The van der Waals surface area contributed by atoms with Crippen molar-refractivity contribution in [2.45, 2.75) is 38.0 Å². The Hall–Kier alpha value is -2.50. The third-order valence-corrected chi connectivity index (χ3v) is 4.62. The Kier molecular flexibility index (Phi) is 4.69. The highest BCUT2D eigenvalue weighted by molar-refractivity contribution is 5.82. The number of ether oxygens (including phenoxy) is 1. The zero-order chi connectivity index (χ0) is 18.9. The summed E-state index contributed by atoms with van der Waals surface area (Å²) in [5.41, 5.74) is 0.152. The number of carbonyl (C=O) groups excluding carboxylic acids is 1. The molecule has 0 spiro atoms. The highest BCUT2D eigenvalue weighted by Crippen LogP contribution is 2.33. The molecule has 0 aromatic heterocycles. The van der Waals surface area contributed by atoms with Crippen molar-refractivity contribution in [1.29, 1.82) is 0 Å². The third kappa shape index (κ3) is 3.84. The van der Waals surface area contributed by atoms with Crippen molar-refractivity contribution in [3.63, 3.8) is 0 Å². The van der Waals surface area contributed by atoms with Crippen molar-refractivity contribution in [2.75, 3.05) is 6.54 Å². The van der Waals surface area contributed by atoms with Crippen LogP contribution in [0.25, 0.3) is 0 Å². The number of nitrogens with one attached hydrogen (secondary N) is 1. The fraction of sp³-hybridized carbons (Fsp3) is 0.350. The molecule has 0 bridgehead atoms. The molecular weight excluding hydrogens is 343 g/mol. The van der Waals surface area contributed by atoms with Crippen LogP contribution in [0.2, 0.25) is 0 Å². The lowest BCUT2D eigenvalue weighted by Crippen LogP contribution is -2.43. The van der Waals surface area contributed by atoms with Crippen LogP contribution in [-0.2, 0) is 22.8 Å². The molecule has 3 rings (SSSR count). The largest absolute Gasteiger partial charge is 0.480 e. The van der Waals surface area contributed by atoms with Gasteiger partial charge in [-0.3, -0.25) is 4.79 Å². The number of hydrogen-bond donors (Lipinski definition) is 1. The van der Waals surface area contributed by atoms with E-state index in [4.69, 9.17) is 4.74 Å². The number of rotatable bonds is 4. The lowest BCUT2D eigenvalue weighted by molar-refractivity contribution is -0.137. The Balaban J connectivity index is 1.65. The second kappa shape index (κ2) is 6.67. The van der Waals surface area contributed by atoms with E-state index in [0.717, 1.165) is 17.7 Å². The number of hydrogen-bond acceptors (Lipinski definition) is 2. The quantitative estimate of drug-likeness (QED) is 0.888. The number of benzene rings is 2. The topological polar surface area (TPSA) is 38.3 Å². The first-order valence-electron chi connectivity index (χ1n) is 8.37. The fourth-order valence-electron chi connectivity index (χ4n) is 2.97. The summed E-state index contributed by atoms with van der Waals surface area (Å²) in [6, 6.07) is 12.7. The van der Waals surface area contributed by atoms with E-state index in [2.05, 4.69) is 5.32 Å². The number of halogens is 3. The summed E-state index contributed by atoms with van der Waals surface area (Å²) in [5, 5.41) is 2.81. The zero-order valence-corrected chi connectivity index (χ0v) is 14.6. The van der Waals surface area contributed by atoms with Gasteiger partial charge in [0.1, 0.15) is 5.75 Å². The Morgan fingerprint density at radius 3 is 2.50 bits per heavy atom. The standard InChI is InChI=1S/C20H20F3NO2/c1-19(2,14-7-5-8-15(11-14)20(21,22)23)12-24-18(25)17-10-13-6-3-4-9-16(13)26-17/h3-9,11,17H,10,12H2,1-2H3,(H,24,25). The average Bonchev–Trinajstić information content (AvgIpc) is 3.03. The maximum absolute atomic E-state index is 12.9. The Labute approximate surface area is 150 Å². The van der Waals surface area contributed by atoms with Gasteiger partial charge in [0.15, 0.2) is 6.10 Å². The van der Waals surface area contributed by atoms with E-state index in [1.165, 1.54) is 6.07 Å². The van der Waals surface area contributed by atoms with Gasteiger partial charge in [-0.25, -0.2) is 0 Å². The number of fused-ring (bicyclic) bond motifs is 1. The van der Waals surface area contributed by atoms with Crippen LogP contribution in [0.1, 0.15) is 30.5 Å². The van der Waals surface area contributed by atoms with E-state index in [-0.39, 0.29) is 12.5 Å². The maximum Gasteiger partial charge on any atom is 0.416 e. The molecule has 1 unspecified atom stereocenters. The molecule has 0 saturated heterocycles. The van der Waals surface area contributed by atoms with Crippen molar-refractivity contribution >= 4 is 5.91 Å². The molecule has 3 nitrogen and oxygen atoms in total. The molecule has 1 atom stereocenters. The predicted octanol–water partition coefficient (Wildman–Crippen LogP) is 4.10. The molecule has 1 aliphatic heterocycles. The Morgan fingerprint density at radius 2 is 1.81 bits per heavy atom. The van der Waals surface area contributed by atoms with Crippen molar-refractivity contribution < 1.29 is 22.7 Å². The summed E-state index contributed by atoms with van der Waals surface area (Å²) in [6.45, 7) is 3.81. The molecular formula is C20H20F3NO2. The number of carbonyl (C=O) groups is 1. The molecule has 0 aliphatic carbocycles. The van der Waals surface area contributed by atoms with E-state index in [9.17, 15) is 18.0 Å². The van der Waals surface area contributed by atoms with Gasteiger partial charge in [0.05, 0.1) is 5.56 Å². The summed E-state index contributed by atoms with van der Waals surface area (Å²) >= 11 is 0. The fourth-order valence-corrected chi connectivity index (χ4v) is 2.97. The van der Waals surface area contributed by atoms with Gasteiger partial charge in [-0.15, -0.1) is 0 Å². The summed E-state index contributed by atoms with van der Waals surface area (Å²) in [5.74, 6) is 0.436. The van der Waals surface area contributed by atoms with Crippen molar-refractivity contribution in [2.24, 2.45) is 0 Å². The van der Waals surface area contributed by atoms with Gasteiger partial charge in [0, 0.05) is 18.4 Å². The molecule has 1 amide bonds. The number of para-hydroxylation sites is 1. The summed E-state index contributed by atoms with van der Waals surface area (Å²) < 4.78 is 44.4. The minimum Gasteiger partial charge on any atom is -0.480 e. The highest BCUT2D eigenvalue weighted by atomic mass is 19.4. The molecule has 138 valence electrons. The molecule has 26 heavy (non-hydrogen) atoms. The summed E-state index contributed by atoms with van der Waals surface area (Å²) in [4.78, 5) is 12.4. The zero-order valence-electron chi connectivity index (χ0n) is 14.6. The molecule has 2 aromatic rings. The molecule has 0 fully saturated rings. The van der Waals surface area contributed by atoms with Crippen LogP contribution in [0.5, 0.6) is 5.75 Å². The minimum atomic E-state index is -4.39. The van der Waals surface area contributed by atoms with E-state index in [1.807, 2.05) is 24.3 Å². The molecule has 1 aliphatic rings. The van der Waals surface area contributed by atoms with Gasteiger partial charge < -0.3 is 10.1 Å². The van der Waals surface area contributed by atoms with E-state index < -0.39 is 23.3 Å². The van der Waals surface area contributed by atoms with Crippen molar-refractivity contribution in [1.82, 2.24) is 5.32 Å². The van der Waals surface area contributed by atoms with Gasteiger partial charge in [-0.1, -0.05) is 50.2 Å². The van der Waals surface area contributed by atoms with Crippen LogP contribution >= 0.6 is 0 Å². The molecule has 0 saturated carbocycles. The Bertz CT molecular complexity index is 790. The molecule has 6 heteroatoms. The first-order valence-corrected chi connectivity index (χ1v) is 8.37. The SMILES string of the molecule is CC(C)(CNC(=O)C1Cc2ccccc2O1)c1cccc(C(F)(F)F)c1. The van der Waals surface area contributed by atoms with Gasteiger partial charge in [-0.05, 0) is 23.3 Å². The van der Waals surface area contributed by atoms with Gasteiger partial charge in [0.2, 0.25) is 0 Å². The van der Waals surface area contributed by atoms with Crippen LogP contribution in [-0.4, -0.2) is 18.6 Å². The molecule has 1 N–H and O–H groups in total. The highest BCUT2D eigenvalue weighted by Gasteiger charge is 2.33. The van der Waals surface area contributed by atoms with Gasteiger partial charge in [-0.2, -0.15) is 13.2 Å². The second-order valence-electron chi connectivity index (χ2n) is 7.10. The van der Waals surface area contributed by atoms with E-state index in [1.54, 1.807) is 19.9 Å². The van der Waals surface area contributed by atoms with Gasteiger partial charge >= 0.3 is 6.18 Å². The first kappa shape index (κ1) is 18.3. The third-order valence-electron chi connectivity index (χ3n) is 4.62. The molecule has 1 heterocycles. The van der Waals surface area contributed by atoms with Crippen LogP contribution in [0.3, 0.4) is 0 Å². The lowest BCUT2D eigenvalue weighted by Gasteiger charge is -2.27. The summed E-state index contributed by atoms with van der Waals surface area (Å²) in [7, 11) is 0. The Morgan fingerprint density at radius 1 is 1.12 bits per heavy atom. The normalized spacial score (nSPS) is 16.7. The number of alkyl halides is 3. The minimum absolute atomic E-state index is 0.212. The maximum atomic E-state index is 12.9. The van der Waals surface area contributed by atoms with Crippen LogP contribution in [0.4, 0.5) is 13.2 Å².